The largest absolute Gasteiger partial charge is 0.385 e. The van der Waals surface area contributed by atoms with Crippen LogP contribution in [0.5, 0.6) is 0 Å². The van der Waals surface area contributed by atoms with E-state index in [1.54, 1.807) is 11.7 Å². The Balaban J connectivity index is 2.75. The van der Waals surface area contributed by atoms with Gasteiger partial charge in [-0.2, -0.15) is 0 Å². The maximum Gasteiger partial charge on any atom is 0.332 e. The highest BCUT2D eigenvalue weighted by molar-refractivity contribution is 5.71. The first-order valence-electron chi connectivity index (χ1n) is 6.94. The van der Waals surface area contributed by atoms with Gasteiger partial charge in [0.05, 0.1) is 6.54 Å². The summed E-state index contributed by atoms with van der Waals surface area (Å²) in [4.78, 5) is 29.1. The summed E-state index contributed by atoms with van der Waals surface area (Å²) in [5, 5.41) is 0. The van der Waals surface area contributed by atoms with Gasteiger partial charge in [0.2, 0.25) is 0 Å². The molecule has 0 saturated carbocycles. The maximum absolute atomic E-state index is 12.4. The fourth-order valence-electron chi connectivity index (χ4n) is 2.47. The summed E-state index contributed by atoms with van der Waals surface area (Å²) in [6.07, 6.45) is 0.667. The van der Waals surface area contributed by atoms with Crippen LogP contribution in [-0.4, -0.2) is 32.4 Å². The second-order valence-corrected chi connectivity index (χ2v) is 4.79. The maximum atomic E-state index is 12.4. The van der Waals surface area contributed by atoms with E-state index < -0.39 is 0 Å². The molecule has 0 aliphatic rings. The van der Waals surface area contributed by atoms with Crippen molar-refractivity contribution in [2.45, 2.75) is 33.0 Å². The highest BCUT2D eigenvalue weighted by Gasteiger charge is 2.18. The van der Waals surface area contributed by atoms with Crippen LogP contribution in [0, 0.1) is 0 Å². The number of rotatable bonds is 6. The van der Waals surface area contributed by atoms with Gasteiger partial charge < -0.3 is 15.0 Å². The number of hydrogen-bond acceptors (Lipinski definition) is 5. The Morgan fingerprint density at radius 3 is 2.57 bits per heavy atom. The standard InChI is InChI=1S/C13H21N5O3/c1-4-17-9(8-14)15-11-10(17)12(19)16(2)13(20)18(11)6-5-7-21-3/h4-8,14H2,1-3H3. The van der Waals surface area contributed by atoms with Crippen molar-refractivity contribution in [2.24, 2.45) is 12.8 Å². The Kier molecular flexibility index (Phi) is 4.59. The highest BCUT2D eigenvalue weighted by Crippen LogP contribution is 2.11. The monoisotopic (exact) mass is 295 g/mol. The average Bonchev–Trinajstić information content (AvgIpc) is 2.87. The zero-order valence-electron chi connectivity index (χ0n) is 12.6. The van der Waals surface area contributed by atoms with Gasteiger partial charge in [-0.25, -0.2) is 9.78 Å². The van der Waals surface area contributed by atoms with Crippen LogP contribution >= 0.6 is 0 Å². The van der Waals surface area contributed by atoms with Crippen LogP contribution in [0.1, 0.15) is 19.2 Å². The quantitative estimate of drug-likeness (QED) is 0.719. The molecule has 2 aromatic rings. The van der Waals surface area contributed by atoms with Crippen LogP contribution in [0.15, 0.2) is 9.59 Å². The number of ether oxygens (including phenoxy) is 1. The zero-order valence-corrected chi connectivity index (χ0v) is 12.6. The van der Waals surface area contributed by atoms with Gasteiger partial charge in [-0.3, -0.25) is 13.9 Å². The molecule has 0 atom stereocenters. The minimum Gasteiger partial charge on any atom is -0.385 e. The van der Waals surface area contributed by atoms with Gasteiger partial charge >= 0.3 is 5.69 Å². The number of nitrogens with zero attached hydrogens (tertiary/aromatic N) is 4. The van der Waals surface area contributed by atoms with Crippen molar-refractivity contribution in [3.05, 3.63) is 26.7 Å². The van der Waals surface area contributed by atoms with E-state index in [4.69, 9.17) is 10.5 Å². The number of fused-ring (bicyclic) bond motifs is 1. The first-order chi connectivity index (χ1) is 10.1. The number of nitrogens with two attached hydrogens (primary N) is 1. The van der Waals surface area contributed by atoms with E-state index in [9.17, 15) is 9.59 Å². The Bertz CT molecular complexity index is 756. The third kappa shape index (κ3) is 2.52. The van der Waals surface area contributed by atoms with Crippen molar-refractivity contribution in [3.63, 3.8) is 0 Å². The molecule has 0 saturated heterocycles. The molecular weight excluding hydrogens is 274 g/mol. The number of aromatic nitrogens is 4. The van der Waals surface area contributed by atoms with Crippen molar-refractivity contribution in [1.29, 1.82) is 0 Å². The van der Waals surface area contributed by atoms with Crippen molar-refractivity contribution in [3.8, 4) is 0 Å². The van der Waals surface area contributed by atoms with Crippen molar-refractivity contribution < 1.29 is 4.74 Å². The van der Waals surface area contributed by atoms with E-state index in [1.807, 2.05) is 6.92 Å². The fourth-order valence-corrected chi connectivity index (χ4v) is 2.47. The minimum absolute atomic E-state index is 0.220. The molecule has 2 heterocycles. The van der Waals surface area contributed by atoms with Crippen molar-refractivity contribution in [1.82, 2.24) is 18.7 Å². The van der Waals surface area contributed by atoms with E-state index in [-0.39, 0.29) is 17.8 Å². The van der Waals surface area contributed by atoms with Gasteiger partial charge in [-0.15, -0.1) is 0 Å². The molecule has 8 nitrogen and oxygen atoms in total. The second kappa shape index (κ2) is 6.23. The molecule has 0 aromatic carbocycles. The molecule has 0 bridgehead atoms. The van der Waals surface area contributed by atoms with E-state index in [2.05, 4.69) is 4.98 Å². The topological polar surface area (TPSA) is 97.1 Å². The minimum atomic E-state index is -0.368. The molecule has 2 aromatic heterocycles. The first kappa shape index (κ1) is 15.5. The summed E-state index contributed by atoms with van der Waals surface area (Å²) in [5.41, 5.74) is 5.81. The summed E-state index contributed by atoms with van der Waals surface area (Å²) in [7, 11) is 3.09. The Morgan fingerprint density at radius 2 is 2.00 bits per heavy atom. The van der Waals surface area contributed by atoms with Gasteiger partial charge in [0.1, 0.15) is 5.82 Å². The molecule has 0 aliphatic heterocycles. The molecule has 0 spiro atoms. The summed E-state index contributed by atoms with van der Waals surface area (Å²) in [5.74, 6) is 0.607. The lowest BCUT2D eigenvalue weighted by molar-refractivity contribution is 0.190. The lowest BCUT2D eigenvalue weighted by Gasteiger charge is -2.09. The molecule has 0 aliphatic carbocycles. The van der Waals surface area contributed by atoms with Gasteiger partial charge in [0.15, 0.2) is 11.2 Å². The SMILES string of the molecule is CCn1c(CN)nc2c1c(=O)n(C)c(=O)n2CCCOC. The summed E-state index contributed by atoms with van der Waals surface area (Å²) in [6.45, 7) is 3.70. The normalized spacial score (nSPS) is 11.4. The van der Waals surface area contributed by atoms with E-state index in [1.165, 1.54) is 11.6 Å². The second-order valence-electron chi connectivity index (χ2n) is 4.79. The Morgan fingerprint density at radius 1 is 1.29 bits per heavy atom. The molecule has 2 N–H and O–H groups in total. The number of methoxy groups -OCH3 is 1. The molecule has 0 fully saturated rings. The predicted octanol–water partition coefficient (Wildman–Crippen LogP) is -0.588. The molecule has 21 heavy (non-hydrogen) atoms. The number of imidazole rings is 1. The third-order valence-electron chi connectivity index (χ3n) is 3.54. The van der Waals surface area contributed by atoms with E-state index >= 15 is 0 Å². The van der Waals surface area contributed by atoms with Gasteiger partial charge in [0, 0.05) is 33.9 Å². The van der Waals surface area contributed by atoms with Crippen LogP contribution in [0.2, 0.25) is 0 Å². The predicted molar refractivity (Wildman–Crippen MR) is 79.3 cm³/mol. The van der Waals surface area contributed by atoms with Crippen LogP contribution in [0.3, 0.4) is 0 Å². The van der Waals surface area contributed by atoms with Crippen LogP contribution < -0.4 is 17.0 Å². The molecule has 2 rings (SSSR count). The van der Waals surface area contributed by atoms with Crippen molar-refractivity contribution >= 4 is 11.2 Å². The van der Waals surface area contributed by atoms with Crippen LogP contribution in [0.4, 0.5) is 0 Å². The lowest BCUT2D eigenvalue weighted by atomic mass is 10.4. The summed E-state index contributed by atoms with van der Waals surface area (Å²) < 4.78 is 9.41. The Hall–Kier alpha value is -1.93. The average molecular weight is 295 g/mol. The first-order valence-corrected chi connectivity index (χ1v) is 6.94. The van der Waals surface area contributed by atoms with Crippen LogP contribution in [-0.2, 0) is 31.4 Å². The number of hydrogen-bond donors (Lipinski definition) is 1. The molecule has 0 amide bonds. The van der Waals surface area contributed by atoms with Gasteiger partial charge in [-0.05, 0) is 13.3 Å². The highest BCUT2D eigenvalue weighted by atomic mass is 16.5. The lowest BCUT2D eigenvalue weighted by Crippen LogP contribution is -2.39. The van der Waals surface area contributed by atoms with Crippen LogP contribution in [0.25, 0.3) is 11.2 Å². The summed E-state index contributed by atoms with van der Waals surface area (Å²) >= 11 is 0. The molecular formula is C13H21N5O3. The molecule has 0 radical (unpaired) electrons. The third-order valence-corrected chi connectivity index (χ3v) is 3.54. The molecule has 0 unspecified atom stereocenters. The smallest absolute Gasteiger partial charge is 0.332 e. The van der Waals surface area contributed by atoms with Gasteiger partial charge in [-0.1, -0.05) is 0 Å². The van der Waals surface area contributed by atoms with E-state index in [0.29, 0.717) is 43.1 Å². The Labute approximate surface area is 121 Å². The van der Waals surface area contributed by atoms with E-state index in [0.717, 1.165) is 4.57 Å². The zero-order chi connectivity index (χ0) is 15.6. The summed E-state index contributed by atoms with van der Waals surface area (Å²) in [6, 6.07) is 0. The van der Waals surface area contributed by atoms with Crippen molar-refractivity contribution in [2.75, 3.05) is 13.7 Å². The fraction of sp³-hybridized carbons (Fsp3) is 0.615. The number of aryl methyl sites for hydroxylation is 2. The molecule has 8 heteroatoms. The van der Waals surface area contributed by atoms with Gasteiger partial charge in [0.25, 0.3) is 5.56 Å². The molecule has 116 valence electrons.